The van der Waals surface area contributed by atoms with Crippen molar-refractivity contribution in [3.63, 3.8) is 0 Å². The highest BCUT2D eigenvalue weighted by Gasteiger charge is 2.44. The summed E-state index contributed by atoms with van der Waals surface area (Å²) in [5.41, 5.74) is -0.0870. The number of amides is 3. The van der Waals surface area contributed by atoms with Gasteiger partial charge >= 0.3 is 6.03 Å². The van der Waals surface area contributed by atoms with Gasteiger partial charge in [-0.3, -0.25) is 10.1 Å². The smallest absolute Gasteiger partial charge is 0.325 e. The van der Waals surface area contributed by atoms with Crippen molar-refractivity contribution in [1.29, 1.82) is 0 Å². The molecular weight excluding hydrogens is 420 g/mol. The third-order valence-electron chi connectivity index (χ3n) is 4.66. The molecule has 1 aliphatic heterocycles. The van der Waals surface area contributed by atoms with Crippen LogP contribution in [0.1, 0.15) is 13.8 Å². The number of thiazole rings is 1. The number of aromatic nitrogens is 3. The number of benzene rings is 1. The van der Waals surface area contributed by atoms with Crippen LogP contribution < -0.4 is 10.6 Å². The number of hydrogen-bond acceptors (Lipinski definition) is 8. The van der Waals surface area contributed by atoms with Crippen LogP contribution in [0, 0.1) is 0 Å². The molecule has 2 aromatic heterocycles. The Hall–Kier alpha value is -2.98. The minimum atomic E-state index is -0.864. The van der Waals surface area contributed by atoms with Crippen molar-refractivity contribution < 1.29 is 9.59 Å². The highest BCUT2D eigenvalue weighted by atomic mass is 32.2. The van der Waals surface area contributed by atoms with Crippen molar-refractivity contribution in [2.75, 3.05) is 18.4 Å². The number of nitrogens with zero attached hydrogens (tertiary/aromatic N) is 4. The molecule has 3 amide bonds. The van der Waals surface area contributed by atoms with Crippen LogP contribution in [0.3, 0.4) is 0 Å². The van der Waals surface area contributed by atoms with E-state index in [4.69, 9.17) is 0 Å². The molecule has 0 radical (unpaired) electrons. The summed E-state index contributed by atoms with van der Waals surface area (Å²) < 4.78 is 0.941. The molecule has 1 aromatic carbocycles. The summed E-state index contributed by atoms with van der Waals surface area (Å²) in [4.78, 5) is 40.6. The summed E-state index contributed by atoms with van der Waals surface area (Å²) in [7, 11) is 0. The van der Waals surface area contributed by atoms with Gasteiger partial charge in [-0.1, -0.05) is 30.0 Å². The minimum absolute atomic E-state index is 0.292. The van der Waals surface area contributed by atoms with E-state index in [1.54, 1.807) is 43.1 Å². The van der Waals surface area contributed by atoms with E-state index in [1.165, 1.54) is 4.90 Å². The van der Waals surface area contributed by atoms with Crippen LogP contribution in [0.5, 0.6) is 0 Å². The number of imide groups is 1. The van der Waals surface area contributed by atoms with Gasteiger partial charge in [0, 0.05) is 30.4 Å². The third kappa shape index (κ3) is 4.29. The standard InChI is InChI=1S/C20H20N6O2S2/c1-20(2)16(27)25-18(28)26(20)11-10-22-17-21-9-8-14(24-17)15-12-23-19(30-15)29-13-6-4-3-5-7-13/h3-9,12H,10-11H2,1-2H3,(H,21,22,24)(H,25,27,28). The normalized spacial score (nSPS) is 15.3. The lowest BCUT2D eigenvalue weighted by atomic mass is 10.0. The molecule has 154 valence electrons. The van der Waals surface area contributed by atoms with Gasteiger partial charge in [0.1, 0.15) is 5.54 Å². The molecule has 0 spiro atoms. The van der Waals surface area contributed by atoms with Gasteiger partial charge < -0.3 is 10.2 Å². The first-order valence-corrected chi connectivity index (χ1v) is 11.0. The van der Waals surface area contributed by atoms with Crippen LogP contribution in [-0.4, -0.2) is 50.4 Å². The number of anilines is 1. The summed E-state index contributed by atoms with van der Waals surface area (Å²) in [5, 5.41) is 5.46. The zero-order valence-electron chi connectivity index (χ0n) is 16.5. The highest BCUT2D eigenvalue weighted by molar-refractivity contribution is 8.01. The van der Waals surface area contributed by atoms with Crippen molar-refractivity contribution in [2.24, 2.45) is 0 Å². The maximum Gasteiger partial charge on any atom is 0.325 e. The topological polar surface area (TPSA) is 100 Å². The van der Waals surface area contributed by atoms with E-state index in [0.717, 1.165) is 19.8 Å². The van der Waals surface area contributed by atoms with E-state index in [-0.39, 0.29) is 11.9 Å². The molecule has 4 rings (SSSR count). The van der Waals surface area contributed by atoms with E-state index >= 15 is 0 Å². The van der Waals surface area contributed by atoms with Crippen molar-refractivity contribution in [3.05, 3.63) is 48.8 Å². The molecule has 10 heteroatoms. The third-order valence-corrected chi connectivity index (χ3v) is 6.76. The lowest BCUT2D eigenvalue weighted by molar-refractivity contribution is -0.125. The largest absolute Gasteiger partial charge is 0.352 e. The van der Waals surface area contributed by atoms with E-state index < -0.39 is 5.54 Å². The average Bonchev–Trinajstić information content (AvgIpc) is 3.27. The Balaban J connectivity index is 1.39. The highest BCUT2D eigenvalue weighted by Crippen LogP contribution is 2.34. The Bertz CT molecular complexity index is 1070. The molecule has 0 atom stereocenters. The SMILES string of the molecule is CC1(C)C(=O)NC(=O)N1CCNc1nccc(-c2cnc(Sc3ccccc3)s2)n1. The van der Waals surface area contributed by atoms with E-state index in [2.05, 4.69) is 25.6 Å². The van der Waals surface area contributed by atoms with Crippen molar-refractivity contribution in [2.45, 2.75) is 28.6 Å². The maximum atomic E-state index is 11.9. The van der Waals surface area contributed by atoms with Gasteiger partial charge in [0.15, 0.2) is 4.34 Å². The number of carbonyl (C=O) groups is 2. The van der Waals surface area contributed by atoms with Crippen LogP contribution in [0.25, 0.3) is 10.6 Å². The number of hydrogen-bond donors (Lipinski definition) is 2. The first kappa shape index (κ1) is 20.3. The number of rotatable bonds is 7. The second-order valence-electron chi connectivity index (χ2n) is 7.07. The van der Waals surface area contributed by atoms with E-state index in [0.29, 0.717) is 19.0 Å². The Morgan fingerprint density at radius 2 is 1.97 bits per heavy atom. The minimum Gasteiger partial charge on any atom is -0.352 e. The van der Waals surface area contributed by atoms with Crippen LogP contribution in [0.4, 0.5) is 10.7 Å². The van der Waals surface area contributed by atoms with Crippen molar-refractivity contribution >= 4 is 41.0 Å². The average molecular weight is 441 g/mol. The zero-order valence-corrected chi connectivity index (χ0v) is 18.1. The number of carbonyl (C=O) groups excluding carboxylic acids is 2. The molecule has 0 aliphatic carbocycles. The summed E-state index contributed by atoms with van der Waals surface area (Å²) in [6, 6.07) is 11.5. The van der Waals surface area contributed by atoms with Gasteiger partial charge in [-0.05, 0) is 32.0 Å². The van der Waals surface area contributed by atoms with Gasteiger partial charge in [0.05, 0.1) is 10.6 Å². The summed E-state index contributed by atoms with van der Waals surface area (Å²) in [6.45, 7) is 4.22. The van der Waals surface area contributed by atoms with Crippen LogP contribution >= 0.6 is 23.1 Å². The molecule has 3 heterocycles. The second kappa shape index (κ2) is 8.41. The lowest BCUT2D eigenvalue weighted by Gasteiger charge is -2.27. The summed E-state index contributed by atoms with van der Waals surface area (Å²) in [5.74, 6) is 0.169. The Kier molecular flexibility index (Phi) is 5.69. The Morgan fingerprint density at radius 1 is 1.17 bits per heavy atom. The van der Waals surface area contributed by atoms with Crippen molar-refractivity contribution in [3.8, 4) is 10.6 Å². The van der Waals surface area contributed by atoms with Gasteiger partial charge in [0.2, 0.25) is 5.95 Å². The molecular formula is C20H20N6O2S2. The van der Waals surface area contributed by atoms with E-state index in [9.17, 15) is 9.59 Å². The fourth-order valence-corrected chi connectivity index (χ4v) is 4.89. The van der Waals surface area contributed by atoms with Crippen molar-refractivity contribution in [1.82, 2.24) is 25.2 Å². The summed E-state index contributed by atoms with van der Waals surface area (Å²) in [6.07, 6.45) is 3.50. The molecule has 0 saturated carbocycles. The fourth-order valence-electron chi connectivity index (χ4n) is 2.95. The van der Waals surface area contributed by atoms with Gasteiger partial charge in [-0.15, -0.1) is 11.3 Å². The fraction of sp³-hybridized carbons (Fsp3) is 0.250. The maximum absolute atomic E-state index is 11.9. The predicted molar refractivity (Wildman–Crippen MR) is 117 cm³/mol. The molecule has 1 aliphatic rings. The quantitative estimate of drug-likeness (QED) is 0.543. The molecule has 30 heavy (non-hydrogen) atoms. The lowest BCUT2D eigenvalue weighted by Crippen LogP contribution is -2.46. The first-order chi connectivity index (χ1) is 14.4. The van der Waals surface area contributed by atoms with Gasteiger partial charge in [-0.2, -0.15) is 0 Å². The van der Waals surface area contributed by atoms with Gasteiger partial charge in [-0.25, -0.2) is 19.7 Å². The van der Waals surface area contributed by atoms with Gasteiger partial charge in [0.25, 0.3) is 5.91 Å². The molecule has 1 fully saturated rings. The molecule has 3 aromatic rings. The molecule has 0 bridgehead atoms. The van der Waals surface area contributed by atoms with Crippen LogP contribution in [0.15, 0.2) is 58.0 Å². The second-order valence-corrected chi connectivity index (χ2v) is 9.42. The van der Waals surface area contributed by atoms with Crippen LogP contribution in [-0.2, 0) is 4.79 Å². The van der Waals surface area contributed by atoms with Crippen LogP contribution in [0.2, 0.25) is 0 Å². The molecule has 0 unspecified atom stereocenters. The zero-order chi connectivity index (χ0) is 21.1. The van der Waals surface area contributed by atoms with E-state index in [1.807, 2.05) is 42.6 Å². The molecule has 8 nitrogen and oxygen atoms in total. The molecule has 2 N–H and O–H groups in total. The summed E-state index contributed by atoms with van der Waals surface area (Å²) >= 11 is 3.18. The monoisotopic (exact) mass is 440 g/mol. The molecule has 1 saturated heterocycles. The first-order valence-electron chi connectivity index (χ1n) is 9.32. The predicted octanol–water partition coefficient (Wildman–Crippen LogP) is 3.49. The number of nitrogens with one attached hydrogen (secondary N) is 2. The Labute approximate surface area is 182 Å². The number of urea groups is 1. The Morgan fingerprint density at radius 3 is 2.70 bits per heavy atom.